The minimum atomic E-state index is 0. The van der Waals surface area contributed by atoms with Crippen LogP contribution in [0.15, 0.2) is 64.6 Å². The molecule has 0 amide bonds. The van der Waals surface area contributed by atoms with Crippen LogP contribution in [-0.4, -0.2) is 38.9 Å². The fourth-order valence-corrected chi connectivity index (χ4v) is 4.08. The maximum Gasteiger partial charge on any atom is 0.191 e. The number of thioether (sulfide) groups is 1. The Labute approximate surface area is 180 Å². The van der Waals surface area contributed by atoms with Gasteiger partial charge in [-0.15, -0.1) is 45.9 Å². The van der Waals surface area contributed by atoms with E-state index in [1.54, 1.807) is 7.05 Å². The molecule has 0 spiro atoms. The molecule has 2 heterocycles. The molecule has 1 aliphatic carbocycles. The number of nitrogens with zero attached hydrogens (tertiary/aromatic N) is 4. The normalized spacial score (nSPS) is 15.2. The van der Waals surface area contributed by atoms with Crippen molar-refractivity contribution >= 4 is 47.3 Å². The molecule has 0 bridgehead atoms. The summed E-state index contributed by atoms with van der Waals surface area (Å²) in [4.78, 5) is 5.66. The van der Waals surface area contributed by atoms with E-state index in [-0.39, 0.29) is 28.7 Å². The van der Waals surface area contributed by atoms with Crippen molar-refractivity contribution in [2.24, 2.45) is 4.99 Å². The highest BCUT2D eigenvalue weighted by atomic mass is 127. The molecular weight excluding hydrogens is 471 g/mol. The van der Waals surface area contributed by atoms with Crippen molar-refractivity contribution < 1.29 is 0 Å². The molecule has 2 N–H and O–H groups in total. The van der Waals surface area contributed by atoms with E-state index in [2.05, 4.69) is 56.2 Å². The van der Waals surface area contributed by atoms with Gasteiger partial charge in [-0.2, -0.15) is 0 Å². The van der Waals surface area contributed by atoms with Gasteiger partial charge in [0, 0.05) is 29.4 Å². The molecule has 4 rings (SSSR count). The summed E-state index contributed by atoms with van der Waals surface area (Å²) in [5.74, 6) is 1.65. The van der Waals surface area contributed by atoms with E-state index in [1.807, 2.05) is 40.6 Å². The number of halogens is 1. The van der Waals surface area contributed by atoms with Crippen LogP contribution in [0.1, 0.15) is 18.7 Å². The van der Waals surface area contributed by atoms with Crippen LogP contribution in [0, 0.1) is 0 Å². The maximum atomic E-state index is 4.33. The first-order valence-electron chi connectivity index (χ1n) is 8.75. The number of benzene rings is 1. The van der Waals surface area contributed by atoms with Crippen LogP contribution >= 0.6 is 35.7 Å². The van der Waals surface area contributed by atoms with Crippen molar-refractivity contribution in [1.29, 1.82) is 0 Å². The summed E-state index contributed by atoms with van der Waals surface area (Å²) in [5.41, 5.74) is 0.850. The van der Waals surface area contributed by atoms with Gasteiger partial charge in [-0.25, -0.2) is 0 Å². The lowest BCUT2D eigenvalue weighted by molar-refractivity contribution is 0.742. The minimum Gasteiger partial charge on any atom is -0.355 e. The van der Waals surface area contributed by atoms with E-state index >= 15 is 0 Å². The monoisotopic (exact) mass is 494 g/mol. The predicted octanol–water partition coefficient (Wildman–Crippen LogP) is 3.34. The molecule has 2 aromatic heterocycles. The highest BCUT2D eigenvalue weighted by Crippen LogP contribution is 2.51. The molecule has 0 radical (unpaired) electrons. The largest absolute Gasteiger partial charge is 0.355 e. The second-order valence-corrected chi connectivity index (χ2v) is 7.96. The highest BCUT2D eigenvalue weighted by molar-refractivity contribution is 14.0. The number of aliphatic imine (C=N–C) groups is 1. The number of aromatic nitrogens is 3. The van der Waals surface area contributed by atoms with E-state index in [0.717, 1.165) is 24.0 Å². The van der Waals surface area contributed by atoms with Gasteiger partial charge in [0.25, 0.3) is 0 Å². The second kappa shape index (κ2) is 8.92. The van der Waals surface area contributed by atoms with Gasteiger partial charge < -0.3 is 10.6 Å². The van der Waals surface area contributed by atoms with Crippen LogP contribution in [0.4, 0.5) is 0 Å². The van der Waals surface area contributed by atoms with Crippen molar-refractivity contribution in [2.75, 3.05) is 13.6 Å². The minimum absolute atomic E-state index is 0. The number of hydrogen-bond acceptors (Lipinski definition) is 4. The molecule has 6 nitrogen and oxygen atoms in total. The lowest BCUT2D eigenvalue weighted by atomic mass is 10.4. The quantitative estimate of drug-likeness (QED) is 0.313. The molecule has 0 unspecified atom stereocenters. The second-order valence-electron chi connectivity index (χ2n) is 6.42. The molecule has 0 aliphatic heterocycles. The molecule has 1 aromatic carbocycles. The Morgan fingerprint density at radius 3 is 2.63 bits per heavy atom. The Hall–Kier alpha value is -1.81. The molecule has 27 heavy (non-hydrogen) atoms. The highest BCUT2D eigenvalue weighted by Gasteiger charge is 2.43. The number of hydrogen-bond donors (Lipinski definition) is 2. The average Bonchev–Trinajstić information content (AvgIpc) is 3.32. The smallest absolute Gasteiger partial charge is 0.191 e. The molecule has 1 saturated carbocycles. The van der Waals surface area contributed by atoms with Crippen LogP contribution in [0.5, 0.6) is 0 Å². The number of rotatable bonds is 6. The zero-order valence-corrected chi connectivity index (χ0v) is 18.3. The first-order chi connectivity index (χ1) is 12.8. The number of nitrogens with one attached hydrogen (secondary N) is 2. The zero-order chi connectivity index (χ0) is 17.8. The van der Waals surface area contributed by atoms with Gasteiger partial charge >= 0.3 is 0 Å². The summed E-state index contributed by atoms with van der Waals surface area (Å²) in [5, 5.41) is 15.2. The summed E-state index contributed by atoms with van der Waals surface area (Å²) in [6.45, 7) is 1.47. The summed E-state index contributed by atoms with van der Waals surface area (Å²) >= 11 is 1.96. The third-order valence-electron chi connectivity index (χ3n) is 4.49. The fraction of sp³-hybridized carbons (Fsp3) is 0.316. The first-order valence-corrected chi connectivity index (χ1v) is 9.57. The van der Waals surface area contributed by atoms with Crippen molar-refractivity contribution in [3.8, 4) is 0 Å². The third kappa shape index (κ3) is 4.92. The molecule has 0 saturated heterocycles. The average molecular weight is 494 g/mol. The van der Waals surface area contributed by atoms with Gasteiger partial charge in [0.2, 0.25) is 0 Å². The Kier molecular flexibility index (Phi) is 6.59. The van der Waals surface area contributed by atoms with Crippen LogP contribution < -0.4 is 10.6 Å². The molecule has 142 valence electrons. The maximum absolute atomic E-state index is 4.33. The number of fused-ring (bicyclic) bond motifs is 1. The van der Waals surface area contributed by atoms with Gasteiger partial charge in [-0.3, -0.25) is 9.39 Å². The SMILES string of the molecule is CN=C(NCc1nnc2ccccn12)NCC1(Sc2ccccc2)CC1.I. The first kappa shape index (κ1) is 19.9. The fourth-order valence-electron chi connectivity index (χ4n) is 2.83. The molecule has 3 aromatic rings. The summed E-state index contributed by atoms with van der Waals surface area (Å²) in [6.07, 6.45) is 4.43. The zero-order valence-electron chi connectivity index (χ0n) is 15.1. The Morgan fingerprint density at radius 2 is 1.89 bits per heavy atom. The van der Waals surface area contributed by atoms with Crippen molar-refractivity contribution in [3.63, 3.8) is 0 Å². The Morgan fingerprint density at radius 1 is 1.11 bits per heavy atom. The molecule has 8 heteroatoms. The van der Waals surface area contributed by atoms with E-state index in [1.165, 1.54) is 17.7 Å². The number of guanidine groups is 1. The molecular formula is C19H23IN6S. The predicted molar refractivity (Wildman–Crippen MR) is 121 cm³/mol. The van der Waals surface area contributed by atoms with Gasteiger partial charge in [-0.05, 0) is 37.1 Å². The topological polar surface area (TPSA) is 66.6 Å². The molecule has 1 aliphatic rings. The number of pyridine rings is 1. The Bertz CT molecular complexity index is 907. The van der Waals surface area contributed by atoms with Gasteiger partial charge in [0.05, 0.1) is 6.54 Å². The van der Waals surface area contributed by atoms with Crippen molar-refractivity contribution in [3.05, 3.63) is 60.6 Å². The van der Waals surface area contributed by atoms with Crippen LogP contribution in [-0.2, 0) is 6.54 Å². The van der Waals surface area contributed by atoms with Crippen LogP contribution in [0.25, 0.3) is 5.65 Å². The standard InChI is InChI=1S/C19H22N6S.HI/c1-20-18(21-13-17-24-23-16-9-5-6-12-25(16)17)22-14-19(10-11-19)26-15-7-3-2-4-8-15;/h2-9,12H,10-11,13-14H2,1H3,(H2,20,21,22);1H. The lowest BCUT2D eigenvalue weighted by Gasteiger charge is -2.18. The molecule has 1 fully saturated rings. The van der Waals surface area contributed by atoms with Crippen LogP contribution in [0.3, 0.4) is 0 Å². The van der Waals surface area contributed by atoms with E-state index in [9.17, 15) is 0 Å². The third-order valence-corrected chi connectivity index (χ3v) is 5.98. The van der Waals surface area contributed by atoms with Crippen molar-refractivity contribution in [2.45, 2.75) is 29.0 Å². The van der Waals surface area contributed by atoms with E-state index in [0.29, 0.717) is 6.54 Å². The molecule has 0 atom stereocenters. The van der Waals surface area contributed by atoms with Crippen molar-refractivity contribution in [1.82, 2.24) is 25.2 Å². The van der Waals surface area contributed by atoms with Gasteiger partial charge in [-0.1, -0.05) is 24.3 Å². The van der Waals surface area contributed by atoms with E-state index in [4.69, 9.17) is 0 Å². The van der Waals surface area contributed by atoms with Gasteiger partial charge in [0.15, 0.2) is 17.4 Å². The van der Waals surface area contributed by atoms with Crippen LogP contribution in [0.2, 0.25) is 0 Å². The van der Waals surface area contributed by atoms with E-state index < -0.39 is 0 Å². The summed E-state index contributed by atoms with van der Waals surface area (Å²) in [6, 6.07) is 16.5. The van der Waals surface area contributed by atoms with Gasteiger partial charge in [0.1, 0.15) is 0 Å². The summed E-state index contributed by atoms with van der Waals surface area (Å²) in [7, 11) is 1.79. The lowest BCUT2D eigenvalue weighted by Crippen LogP contribution is -2.41. The Balaban J connectivity index is 0.00000210. The summed E-state index contributed by atoms with van der Waals surface area (Å²) < 4.78 is 2.26.